The molecule has 0 radical (unpaired) electrons. The van der Waals surface area contributed by atoms with Crippen molar-refractivity contribution in [2.24, 2.45) is 5.73 Å². The molecular weight excluding hydrogens is 204 g/mol. The maximum atomic E-state index is 5.77. The van der Waals surface area contributed by atoms with Gasteiger partial charge in [0.15, 0.2) is 5.82 Å². The first-order valence-corrected chi connectivity index (χ1v) is 5.69. The van der Waals surface area contributed by atoms with E-state index in [-0.39, 0.29) is 0 Å². The van der Waals surface area contributed by atoms with E-state index < -0.39 is 0 Å². The zero-order chi connectivity index (χ0) is 11.4. The van der Waals surface area contributed by atoms with Gasteiger partial charge in [0.25, 0.3) is 0 Å². The summed E-state index contributed by atoms with van der Waals surface area (Å²) >= 11 is 0. The smallest absolute Gasteiger partial charge is 0.233 e. The molecule has 5 nitrogen and oxygen atoms in total. The molecule has 1 aromatic heterocycles. The van der Waals surface area contributed by atoms with Gasteiger partial charge in [0.1, 0.15) is 0 Å². The highest BCUT2D eigenvalue weighted by Gasteiger charge is 2.22. The van der Waals surface area contributed by atoms with Crippen LogP contribution in [0.15, 0.2) is 12.1 Å². The van der Waals surface area contributed by atoms with E-state index in [0.29, 0.717) is 18.5 Å². The highest BCUT2D eigenvalue weighted by molar-refractivity contribution is 5.40. The van der Waals surface area contributed by atoms with Gasteiger partial charge in [0.2, 0.25) is 5.88 Å². The zero-order valence-corrected chi connectivity index (χ0v) is 9.59. The number of hydrogen-bond donors (Lipinski definition) is 1. The Kier molecular flexibility index (Phi) is 3.56. The van der Waals surface area contributed by atoms with E-state index in [4.69, 9.17) is 10.5 Å². The van der Waals surface area contributed by atoms with Gasteiger partial charge in [-0.2, -0.15) is 0 Å². The van der Waals surface area contributed by atoms with Gasteiger partial charge in [-0.15, -0.1) is 10.2 Å². The first-order valence-electron chi connectivity index (χ1n) is 5.69. The van der Waals surface area contributed by atoms with Crippen molar-refractivity contribution in [3.8, 4) is 5.88 Å². The molecule has 1 saturated heterocycles. The summed E-state index contributed by atoms with van der Waals surface area (Å²) < 4.78 is 4.99. The van der Waals surface area contributed by atoms with Gasteiger partial charge in [-0.1, -0.05) is 0 Å². The minimum Gasteiger partial charge on any atom is -0.480 e. The van der Waals surface area contributed by atoms with E-state index in [2.05, 4.69) is 15.1 Å². The monoisotopic (exact) mass is 222 g/mol. The third kappa shape index (κ3) is 2.24. The predicted octanol–water partition coefficient (Wildman–Crippen LogP) is 0.803. The van der Waals surface area contributed by atoms with Crippen LogP contribution in [-0.2, 0) is 0 Å². The van der Waals surface area contributed by atoms with Crippen LogP contribution in [0.25, 0.3) is 0 Å². The van der Waals surface area contributed by atoms with Crippen molar-refractivity contribution < 1.29 is 4.74 Å². The molecule has 1 aliphatic rings. The SMILES string of the molecule is COc1ccc(N2CCCCC2CN)nn1. The fraction of sp³-hybridized carbons (Fsp3) is 0.636. The number of hydrogen-bond acceptors (Lipinski definition) is 5. The summed E-state index contributed by atoms with van der Waals surface area (Å²) in [5.74, 6) is 1.45. The maximum absolute atomic E-state index is 5.77. The van der Waals surface area contributed by atoms with Crippen molar-refractivity contribution in [2.75, 3.05) is 25.1 Å². The summed E-state index contributed by atoms with van der Waals surface area (Å²) in [6.45, 7) is 1.69. The second kappa shape index (κ2) is 5.12. The van der Waals surface area contributed by atoms with E-state index in [1.165, 1.54) is 12.8 Å². The van der Waals surface area contributed by atoms with Crippen LogP contribution in [0.5, 0.6) is 5.88 Å². The first-order chi connectivity index (χ1) is 7.85. The Morgan fingerprint density at radius 1 is 1.44 bits per heavy atom. The zero-order valence-electron chi connectivity index (χ0n) is 9.59. The van der Waals surface area contributed by atoms with E-state index in [0.717, 1.165) is 18.8 Å². The summed E-state index contributed by atoms with van der Waals surface area (Å²) in [4.78, 5) is 2.25. The number of anilines is 1. The number of piperidine rings is 1. The molecule has 2 rings (SSSR count). The Morgan fingerprint density at radius 2 is 2.31 bits per heavy atom. The number of rotatable bonds is 3. The Hall–Kier alpha value is -1.36. The number of aromatic nitrogens is 2. The standard InChI is InChI=1S/C11H18N4O/c1-16-11-6-5-10(13-14-11)15-7-3-2-4-9(15)8-12/h5-6,9H,2-4,7-8,12H2,1H3. The molecule has 1 fully saturated rings. The van der Waals surface area contributed by atoms with Gasteiger partial charge in [0, 0.05) is 25.2 Å². The minimum atomic E-state index is 0.399. The molecular formula is C11H18N4O. The lowest BCUT2D eigenvalue weighted by molar-refractivity contribution is 0.390. The second-order valence-corrected chi connectivity index (χ2v) is 4.01. The van der Waals surface area contributed by atoms with Crippen LogP contribution in [0.4, 0.5) is 5.82 Å². The third-order valence-corrected chi connectivity index (χ3v) is 3.03. The van der Waals surface area contributed by atoms with Gasteiger partial charge < -0.3 is 15.4 Å². The Bertz CT molecular complexity index is 327. The molecule has 0 amide bonds. The average molecular weight is 222 g/mol. The van der Waals surface area contributed by atoms with Crippen molar-refractivity contribution in [1.82, 2.24) is 10.2 Å². The summed E-state index contributed by atoms with van der Waals surface area (Å²) in [6, 6.07) is 4.18. The highest BCUT2D eigenvalue weighted by Crippen LogP contribution is 2.22. The van der Waals surface area contributed by atoms with Crippen LogP contribution in [0, 0.1) is 0 Å². The van der Waals surface area contributed by atoms with Crippen molar-refractivity contribution in [1.29, 1.82) is 0 Å². The number of ether oxygens (including phenoxy) is 1. The molecule has 0 aliphatic carbocycles. The number of nitrogens with zero attached hydrogens (tertiary/aromatic N) is 3. The second-order valence-electron chi connectivity index (χ2n) is 4.01. The molecule has 1 unspecified atom stereocenters. The van der Waals surface area contributed by atoms with E-state index in [1.807, 2.05) is 12.1 Å². The summed E-state index contributed by atoms with van der Waals surface area (Å²) in [5, 5.41) is 8.15. The van der Waals surface area contributed by atoms with Crippen LogP contribution in [-0.4, -0.2) is 36.4 Å². The molecule has 1 aromatic rings. The van der Waals surface area contributed by atoms with Crippen LogP contribution in [0.2, 0.25) is 0 Å². The lowest BCUT2D eigenvalue weighted by Crippen LogP contribution is -2.44. The molecule has 88 valence electrons. The van der Waals surface area contributed by atoms with Crippen molar-refractivity contribution in [3.63, 3.8) is 0 Å². The van der Waals surface area contributed by atoms with E-state index in [9.17, 15) is 0 Å². The van der Waals surface area contributed by atoms with Gasteiger partial charge >= 0.3 is 0 Å². The van der Waals surface area contributed by atoms with Crippen molar-refractivity contribution >= 4 is 5.82 Å². The Labute approximate surface area is 95.6 Å². The quantitative estimate of drug-likeness (QED) is 0.819. The lowest BCUT2D eigenvalue weighted by atomic mass is 10.0. The molecule has 5 heteroatoms. The van der Waals surface area contributed by atoms with Crippen LogP contribution >= 0.6 is 0 Å². The topological polar surface area (TPSA) is 64.3 Å². The van der Waals surface area contributed by atoms with Crippen LogP contribution < -0.4 is 15.4 Å². The average Bonchev–Trinajstić information content (AvgIpc) is 2.39. The molecule has 0 aromatic carbocycles. The molecule has 0 bridgehead atoms. The van der Waals surface area contributed by atoms with Gasteiger partial charge in [-0.05, 0) is 25.3 Å². The summed E-state index contributed by atoms with van der Waals surface area (Å²) in [7, 11) is 1.59. The normalized spacial score (nSPS) is 20.9. The fourth-order valence-corrected chi connectivity index (χ4v) is 2.12. The number of methoxy groups -OCH3 is 1. The van der Waals surface area contributed by atoms with Crippen LogP contribution in [0.3, 0.4) is 0 Å². The Balaban J connectivity index is 2.14. The molecule has 1 aliphatic heterocycles. The molecule has 0 spiro atoms. The third-order valence-electron chi connectivity index (χ3n) is 3.03. The molecule has 2 N–H and O–H groups in total. The van der Waals surface area contributed by atoms with Gasteiger partial charge in [-0.3, -0.25) is 0 Å². The number of nitrogens with two attached hydrogens (primary N) is 1. The largest absolute Gasteiger partial charge is 0.480 e. The van der Waals surface area contributed by atoms with E-state index >= 15 is 0 Å². The van der Waals surface area contributed by atoms with Crippen molar-refractivity contribution in [2.45, 2.75) is 25.3 Å². The van der Waals surface area contributed by atoms with Crippen molar-refractivity contribution in [3.05, 3.63) is 12.1 Å². The molecule has 2 heterocycles. The Morgan fingerprint density at radius 3 is 2.94 bits per heavy atom. The van der Waals surface area contributed by atoms with E-state index in [1.54, 1.807) is 7.11 Å². The van der Waals surface area contributed by atoms with Gasteiger partial charge in [-0.25, -0.2) is 0 Å². The lowest BCUT2D eigenvalue weighted by Gasteiger charge is -2.35. The molecule has 16 heavy (non-hydrogen) atoms. The minimum absolute atomic E-state index is 0.399. The molecule has 1 atom stereocenters. The summed E-state index contributed by atoms with van der Waals surface area (Å²) in [6.07, 6.45) is 3.59. The van der Waals surface area contributed by atoms with Crippen LogP contribution in [0.1, 0.15) is 19.3 Å². The van der Waals surface area contributed by atoms with Gasteiger partial charge in [0.05, 0.1) is 7.11 Å². The molecule has 0 saturated carbocycles. The predicted molar refractivity (Wildman–Crippen MR) is 62.6 cm³/mol. The maximum Gasteiger partial charge on any atom is 0.233 e. The highest BCUT2D eigenvalue weighted by atomic mass is 16.5. The summed E-state index contributed by atoms with van der Waals surface area (Å²) in [5.41, 5.74) is 5.77. The fourth-order valence-electron chi connectivity index (χ4n) is 2.12. The first kappa shape index (κ1) is 11.1.